The molecular weight excluding hydrogens is 324 g/mol. The zero-order valence-electron chi connectivity index (χ0n) is 14.7. The van der Waals surface area contributed by atoms with E-state index in [9.17, 15) is 0 Å². The highest BCUT2D eigenvalue weighted by Gasteiger charge is 2.20. The van der Waals surface area contributed by atoms with Crippen LogP contribution in [0.1, 0.15) is 16.8 Å². The molecule has 0 saturated carbocycles. The van der Waals surface area contributed by atoms with E-state index in [0.29, 0.717) is 0 Å². The topological polar surface area (TPSA) is 62.6 Å². The van der Waals surface area contributed by atoms with Crippen LogP contribution in [-0.2, 0) is 19.6 Å². The lowest BCUT2D eigenvalue weighted by Crippen LogP contribution is -2.33. The van der Waals surface area contributed by atoms with Crippen molar-refractivity contribution in [2.24, 2.45) is 0 Å². The fourth-order valence-corrected chi connectivity index (χ4v) is 3.67. The predicted molar refractivity (Wildman–Crippen MR) is 100 cm³/mol. The summed E-state index contributed by atoms with van der Waals surface area (Å²) in [5.41, 5.74) is 6.75. The van der Waals surface area contributed by atoms with Gasteiger partial charge in [0.2, 0.25) is 0 Å². The molecule has 0 saturated heterocycles. The third kappa shape index (κ3) is 2.68. The molecule has 0 spiro atoms. The Balaban J connectivity index is 1.37. The van der Waals surface area contributed by atoms with Crippen molar-refractivity contribution in [2.45, 2.75) is 26.6 Å². The number of pyridine rings is 1. The van der Waals surface area contributed by atoms with Crippen molar-refractivity contribution in [3.8, 4) is 11.4 Å². The molecule has 1 aromatic carbocycles. The first-order chi connectivity index (χ1) is 12.8. The van der Waals surface area contributed by atoms with Crippen LogP contribution in [0.5, 0.6) is 0 Å². The standard InChI is InChI=1S/C20H20N6/c1-14-3-2-6-21-20(14)19-10-17-13-25(7-8-26(17)24-19)12-15-4-5-16-11-22-23-18(16)9-15/h2-6,9-11H,7-8,12-13H2,1H3,(H,22,23). The van der Waals surface area contributed by atoms with Gasteiger partial charge in [-0.15, -0.1) is 0 Å². The second kappa shape index (κ2) is 6.07. The monoisotopic (exact) mass is 344 g/mol. The Labute approximate surface area is 151 Å². The van der Waals surface area contributed by atoms with Crippen LogP contribution in [0.15, 0.2) is 48.8 Å². The second-order valence-electron chi connectivity index (χ2n) is 6.92. The van der Waals surface area contributed by atoms with E-state index < -0.39 is 0 Å². The second-order valence-corrected chi connectivity index (χ2v) is 6.92. The molecule has 4 aromatic rings. The van der Waals surface area contributed by atoms with Gasteiger partial charge in [0.05, 0.1) is 29.6 Å². The maximum Gasteiger partial charge on any atom is 0.111 e. The van der Waals surface area contributed by atoms with E-state index in [1.54, 1.807) is 0 Å². The van der Waals surface area contributed by atoms with Gasteiger partial charge in [-0.05, 0) is 36.2 Å². The summed E-state index contributed by atoms with van der Waals surface area (Å²) in [6.45, 7) is 5.82. The van der Waals surface area contributed by atoms with Crippen LogP contribution < -0.4 is 0 Å². The molecule has 0 unspecified atom stereocenters. The Kier molecular flexibility index (Phi) is 3.57. The van der Waals surface area contributed by atoms with Crippen LogP contribution in [0.4, 0.5) is 0 Å². The molecule has 6 nitrogen and oxygen atoms in total. The highest BCUT2D eigenvalue weighted by molar-refractivity contribution is 5.78. The molecular formula is C20H20N6. The third-order valence-electron chi connectivity index (χ3n) is 5.04. The molecule has 0 amide bonds. The first-order valence-corrected chi connectivity index (χ1v) is 8.89. The van der Waals surface area contributed by atoms with Crippen molar-refractivity contribution < 1.29 is 0 Å². The minimum Gasteiger partial charge on any atom is -0.291 e. The molecule has 5 rings (SSSR count). The molecule has 4 heterocycles. The predicted octanol–water partition coefficient (Wildman–Crippen LogP) is 3.15. The van der Waals surface area contributed by atoms with Crippen molar-refractivity contribution >= 4 is 10.9 Å². The zero-order chi connectivity index (χ0) is 17.5. The van der Waals surface area contributed by atoms with Crippen LogP contribution >= 0.6 is 0 Å². The van der Waals surface area contributed by atoms with Crippen molar-refractivity contribution in [2.75, 3.05) is 6.54 Å². The quantitative estimate of drug-likeness (QED) is 0.620. The summed E-state index contributed by atoms with van der Waals surface area (Å²) >= 11 is 0. The first-order valence-electron chi connectivity index (χ1n) is 8.89. The third-order valence-corrected chi connectivity index (χ3v) is 5.04. The fraction of sp³-hybridized carbons (Fsp3) is 0.250. The fourth-order valence-electron chi connectivity index (χ4n) is 3.67. The number of benzene rings is 1. The molecule has 0 fully saturated rings. The largest absolute Gasteiger partial charge is 0.291 e. The lowest BCUT2D eigenvalue weighted by Gasteiger charge is -2.27. The van der Waals surface area contributed by atoms with Crippen LogP contribution in [0.3, 0.4) is 0 Å². The lowest BCUT2D eigenvalue weighted by molar-refractivity contribution is 0.205. The Morgan fingerprint density at radius 3 is 3.04 bits per heavy atom. The molecule has 26 heavy (non-hydrogen) atoms. The first kappa shape index (κ1) is 15.3. The zero-order valence-corrected chi connectivity index (χ0v) is 14.7. The molecule has 1 aliphatic rings. The average Bonchev–Trinajstić information content (AvgIpc) is 3.27. The number of aromatic nitrogens is 5. The molecule has 3 aromatic heterocycles. The highest BCUT2D eigenvalue weighted by Crippen LogP contribution is 2.24. The Hall–Kier alpha value is -2.99. The molecule has 0 atom stereocenters. The van der Waals surface area contributed by atoms with Gasteiger partial charge >= 0.3 is 0 Å². The van der Waals surface area contributed by atoms with Gasteiger partial charge in [-0.1, -0.05) is 18.2 Å². The van der Waals surface area contributed by atoms with Crippen LogP contribution in [0, 0.1) is 6.92 Å². The number of rotatable bonds is 3. The highest BCUT2D eigenvalue weighted by atomic mass is 15.3. The van der Waals surface area contributed by atoms with Crippen molar-refractivity contribution in [1.29, 1.82) is 0 Å². The van der Waals surface area contributed by atoms with Gasteiger partial charge in [-0.2, -0.15) is 10.2 Å². The maximum absolute atomic E-state index is 4.77. The average molecular weight is 344 g/mol. The Morgan fingerprint density at radius 1 is 1.15 bits per heavy atom. The van der Waals surface area contributed by atoms with Gasteiger partial charge in [0.1, 0.15) is 5.69 Å². The summed E-state index contributed by atoms with van der Waals surface area (Å²) in [7, 11) is 0. The SMILES string of the molecule is Cc1cccnc1-c1cc2n(n1)CCN(Cc1ccc3cn[nH]c3c1)C2. The molecule has 0 bridgehead atoms. The van der Waals surface area contributed by atoms with E-state index in [-0.39, 0.29) is 0 Å². The molecule has 130 valence electrons. The number of aryl methyl sites for hydroxylation is 1. The summed E-state index contributed by atoms with van der Waals surface area (Å²) in [5.74, 6) is 0. The van der Waals surface area contributed by atoms with Crippen molar-refractivity contribution in [3.63, 3.8) is 0 Å². The number of hydrogen-bond acceptors (Lipinski definition) is 4. The number of aromatic amines is 1. The van der Waals surface area contributed by atoms with Gasteiger partial charge in [0.15, 0.2) is 0 Å². The van der Waals surface area contributed by atoms with E-state index >= 15 is 0 Å². The van der Waals surface area contributed by atoms with E-state index in [2.05, 4.69) is 62.0 Å². The van der Waals surface area contributed by atoms with Crippen LogP contribution in [-0.4, -0.2) is 36.4 Å². The Morgan fingerprint density at radius 2 is 2.12 bits per heavy atom. The van der Waals surface area contributed by atoms with E-state index in [1.165, 1.54) is 11.3 Å². The Bertz CT molecular complexity index is 1080. The number of nitrogens with zero attached hydrogens (tertiary/aromatic N) is 5. The minimum atomic E-state index is 0.903. The molecule has 1 N–H and O–H groups in total. The summed E-state index contributed by atoms with van der Waals surface area (Å²) in [6, 6.07) is 12.7. The van der Waals surface area contributed by atoms with Gasteiger partial charge in [0.25, 0.3) is 0 Å². The van der Waals surface area contributed by atoms with Crippen molar-refractivity contribution in [1.82, 2.24) is 29.9 Å². The normalized spacial score (nSPS) is 14.7. The van der Waals surface area contributed by atoms with Crippen LogP contribution in [0.25, 0.3) is 22.3 Å². The summed E-state index contributed by atoms with van der Waals surface area (Å²) < 4.78 is 2.12. The van der Waals surface area contributed by atoms with Crippen LogP contribution in [0.2, 0.25) is 0 Å². The summed E-state index contributed by atoms with van der Waals surface area (Å²) in [6.07, 6.45) is 3.69. The molecule has 6 heteroatoms. The number of H-pyrrole nitrogens is 1. The van der Waals surface area contributed by atoms with Gasteiger partial charge in [-0.3, -0.25) is 19.7 Å². The molecule has 1 aliphatic heterocycles. The number of fused-ring (bicyclic) bond motifs is 2. The van der Waals surface area contributed by atoms with E-state index in [0.717, 1.165) is 54.0 Å². The number of nitrogens with one attached hydrogen (secondary N) is 1. The molecule has 0 aliphatic carbocycles. The summed E-state index contributed by atoms with van der Waals surface area (Å²) in [4.78, 5) is 6.97. The lowest BCUT2D eigenvalue weighted by atomic mass is 10.1. The maximum atomic E-state index is 4.77. The summed E-state index contributed by atoms with van der Waals surface area (Å²) in [5, 5.41) is 13.1. The van der Waals surface area contributed by atoms with Gasteiger partial charge in [0, 0.05) is 31.2 Å². The smallest absolute Gasteiger partial charge is 0.111 e. The van der Waals surface area contributed by atoms with E-state index in [1.807, 2.05) is 18.5 Å². The minimum absolute atomic E-state index is 0.903. The number of hydrogen-bond donors (Lipinski definition) is 1. The van der Waals surface area contributed by atoms with E-state index in [4.69, 9.17) is 5.10 Å². The van der Waals surface area contributed by atoms with Gasteiger partial charge in [-0.25, -0.2) is 0 Å². The van der Waals surface area contributed by atoms with Gasteiger partial charge < -0.3 is 0 Å². The molecule has 0 radical (unpaired) electrons. The van der Waals surface area contributed by atoms with Crippen molar-refractivity contribution in [3.05, 3.63) is 65.6 Å².